The lowest BCUT2D eigenvalue weighted by Crippen LogP contribution is -2.34. The van der Waals surface area contributed by atoms with Crippen LogP contribution in [0.15, 0.2) is 89.8 Å². The van der Waals surface area contributed by atoms with Gasteiger partial charge < -0.3 is 19.1 Å². The molecule has 0 fully saturated rings. The van der Waals surface area contributed by atoms with Crippen LogP contribution in [0.4, 0.5) is 14.5 Å². The summed E-state index contributed by atoms with van der Waals surface area (Å²) in [6.07, 6.45) is 0.442. The van der Waals surface area contributed by atoms with Gasteiger partial charge in [-0.15, -0.1) is 0 Å². The number of anilines is 1. The number of nitrogens with zero attached hydrogens (tertiary/aromatic N) is 2. The summed E-state index contributed by atoms with van der Waals surface area (Å²) in [6, 6.07) is 18.7. The van der Waals surface area contributed by atoms with E-state index in [9.17, 15) is 17.6 Å². The number of rotatable bonds is 13. The Kier molecular flexibility index (Phi) is 10.9. The molecule has 0 aliphatic rings. The van der Waals surface area contributed by atoms with Crippen molar-refractivity contribution in [2.45, 2.75) is 24.3 Å². The first-order valence-corrected chi connectivity index (χ1v) is 15.7. The highest BCUT2D eigenvalue weighted by molar-refractivity contribution is 7.92. The van der Waals surface area contributed by atoms with Crippen LogP contribution >= 0.6 is 11.6 Å². The van der Waals surface area contributed by atoms with Crippen molar-refractivity contribution in [3.63, 3.8) is 0 Å². The SMILES string of the molecule is COc1cc(OC)cc(C(=O)N(C)CCCOc2ccccc2C(C)N(c2cc(F)ccc2F)S(=O)(=O)c2ccc(Cl)cc2)c1. The Morgan fingerprint density at radius 2 is 1.56 bits per heavy atom. The Labute approximate surface area is 266 Å². The van der Waals surface area contributed by atoms with Gasteiger partial charge in [-0.1, -0.05) is 29.8 Å². The van der Waals surface area contributed by atoms with E-state index in [0.717, 1.165) is 22.5 Å². The van der Waals surface area contributed by atoms with Crippen molar-refractivity contribution in [3.8, 4) is 17.2 Å². The number of halogens is 3. The van der Waals surface area contributed by atoms with E-state index in [0.29, 0.717) is 46.4 Å². The maximum atomic E-state index is 15.1. The van der Waals surface area contributed by atoms with Crippen molar-refractivity contribution in [1.82, 2.24) is 4.90 Å². The molecule has 45 heavy (non-hydrogen) atoms. The van der Waals surface area contributed by atoms with Gasteiger partial charge >= 0.3 is 0 Å². The highest BCUT2D eigenvalue weighted by Crippen LogP contribution is 2.38. The van der Waals surface area contributed by atoms with Crippen molar-refractivity contribution >= 4 is 33.2 Å². The minimum absolute atomic E-state index is 0.151. The highest BCUT2D eigenvalue weighted by atomic mass is 35.5. The maximum Gasteiger partial charge on any atom is 0.264 e. The number of amides is 1. The lowest BCUT2D eigenvalue weighted by molar-refractivity contribution is 0.0787. The summed E-state index contributed by atoms with van der Waals surface area (Å²) in [5.74, 6) is -0.618. The van der Waals surface area contributed by atoms with Gasteiger partial charge in [0.05, 0.1) is 37.5 Å². The molecule has 4 aromatic carbocycles. The first kappa shape index (κ1) is 33.5. The van der Waals surface area contributed by atoms with Crippen molar-refractivity contribution in [3.05, 3.63) is 113 Å². The predicted molar refractivity (Wildman–Crippen MR) is 169 cm³/mol. The molecule has 1 unspecified atom stereocenters. The van der Waals surface area contributed by atoms with Crippen LogP contribution in [0.2, 0.25) is 5.02 Å². The number of carbonyl (C=O) groups excluding carboxylic acids is 1. The summed E-state index contributed by atoms with van der Waals surface area (Å²) in [4.78, 5) is 14.4. The molecular formula is C33H33ClF2N2O6S. The minimum atomic E-state index is -4.41. The lowest BCUT2D eigenvalue weighted by atomic mass is 10.1. The normalized spacial score (nSPS) is 11.9. The number of para-hydroxylation sites is 1. The van der Waals surface area contributed by atoms with E-state index >= 15 is 4.39 Å². The van der Waals surface area contributed by atoms with E-state index in [2.05, 4.69) is 0 Å². The van der Waals surface area contributed by atoms with Crippen molar-refractivity contribution in [2.24, 2.45) is 0 Å². The summed E-state index contributed by atoms with van der Waals surface area (Å²) >= 11 is 5.97. The minimum Gasteiger partial charge on any atom is -0.497 e. The molecular weight excluding hydrogens is 626 g/mol. The zero-order chi connectivity index (χ0) is 32.7. The average molecular weight is 659 g/mol. The van der Waals surface area contributed by atoms with E-state index in [-0.39, 0.29) is 17.4 Å². The maximum absolute atomic E-state index is 15.1. The fraction of sp³-hybridized carbons (Fsp3) is 0.242. The van der Waals surface area contributed by atoms with Crippen LogP contribution in [0.1, 0.15) is 35.3 Å². The van der Waals surface area contributed by atoms with Gasteiger partial charge in [0.15, 0.2) is 0 Å². The second-order valence-corrected chi connectivity index (χ2v) is 12.3. The number of methoxy groups -OCH3 is 2. The molecule has 0 spiro atoms. The van der Waals surface area contributed by atoms with Gasteiger partial charge in [0.1, 0.15) is 28.9 Å². The third-order valence-electron chi connectivity index (χ3n) is 7.08. The Balaban J connectivity index is 1.55. The van der Waals surface area contributed by atoms with Crippen LogP contribution in [0.25, 0.3) is 0 Å². The van der Waals surface area contributed by atoms with E-state index in [1.54, 1.807) is 61.3 Å². The van der Waals surface area contributed by atoms with Gasteiger partial charge in [0.25, 0.3) is 15.9 Å². The van der Waals surface area contributed by atoms with E-state index in [4.69, 9.17) is 25.8 Å². The molecule has 0 aliphatic carbocycles. The summed E-state index contributed by atoms with van der Waals surface area (Å²) in [5.41, 5.74) is 0.369. The molecule has 0 heterocycles. The van der Waals surface area contributed by atoms with Crippen LogP contribution in [0.5, 0.6) is 17.2 Å². The van der Waals surface area contributed by atoms with Gasteiger partial charge in [0.2, 0.25) is 0 Å². The van der Waals surface area contributed by atoms with Crippen LogP contribution in [-0.2, 0) is 10.0 Å². The Morgan fingerprint density at radius 3 is 2.20 bits per heavy atom. The average Bonchev–Trinajstić information content (AvgIpc) is 3.04. The third kappa shape index (κ3) is 7.84. The summed E-state index contributed by atoms with van der Waals surface area (Å²) < 4.78 is 74.7. The second-order valence-electron chi connectivity index (χ2n) is 10.1. The smallest absolute Gasteiger partial charge is 0.264 e. The molecule has 0 saturated carbocycles. The number of ether oxygens (including phenoxy) is 3. The molecule has 238 valence electrons. The molecule has 0 saturated heterocycles. The molecule has 4 aromatic rings. The van der Waals surface area contributed by atoms with Crippen LogP contribution in [0, 0.1) is 11.6 Å². The first-order valence-electron chi connectivity index (χ1n) is 13.9. The van der Waals surface area contributed by atoms with Crippen molar-refractivity contribution in [2.75, 3.05) is 38.7 Å². The zero-order valence-corrected chi connectivity index (χ0v) is 26.7. The number of hydrogen-bond donors (Lipinski definition) is 0. The molecule has 1 amide bonds. The summed E-state index contributed by atoms with van der Waals surface area (Å²) in [5, 5.41) is 0.319. The van der Waals surface area contributed by atoms with E-state index in [1.807, 2.05) is 0 Å². The van der Waals surface area contributed by atoms with Crippen molar-refractivity contribution in [1.29, 1.82) is 0 Å². The summed E-state index contributed by atoms with van der Waals surface area (Å²) in [7, 11) is 0.265. The van der Waals surface area contributed by atoms with Crippen LogP contribution in [0.3, 0.4) is 0 Å². The monoisotopic (exact) mass is 658 g/mol. The van der Waals surface area contributed by atoms with Gasteiger partial charge in [-0.3, -0.25) is 9.10 Å². The first-order chi connectivity index (χ1) is 21.5. The van der Waals surface area contributed by atoms with Gasteiger partial charge in [-0.05, 0) is 67.9 Å². The fourth-order valence-electron chi connectivity index (χ4n) is 4.74. The molecule has 0 aromatic heterocycles. The number of hydrogen-bond acceptors (Lipinski definition) is 6. The second kappa shape index (κ2) is 14.6. The molecule has 0 N–H and O–H groups in total. The number of sulfonamides is 1. The number of carbonyl (C=O) groups is 1. The van der Waals surface area contributed by atoms with Gasteiger partial charge in [-0.2, -0.15) is 0 Å². The molecule has 8 nitrogen and oxygen atoms in total. The standard InChI is InChI=1S/C33H33ClF2N2O6S/c1-22(38(31-20-25(35)12-15-30(31)36)45(40,41)28-13-10-24(34)11-14-28)29-8-5-6-9-32(29)44-17-7-16-37(2)33(39)23-18-26(42-3)21-27(19-23)43-4/h5-6,8-15,18-22H,7,16-17H2,1-4H3. The lowest BCUT2D eigenvalue weighted by Gasteiger charge is -2.32. The number of benzene rings is 4. The molecule has 12 heteroatoms. The molecule has 1 atom stereocenters. The van der Waals surface area contributed by atoms with Crippen LogP contribution in [-0.4, -0.2) is 53.6 Å². The van der Waals surface area contributed by atoms with Gasteiger partial charge in [-0.25, -0.2) is 17.2 Å². The van der Waals surface area contributed by atoms with E-state index in [1.165, 1.54) is 38.5 Å². The highest BCUT2D eigenvalue weighted by Gasteiger charge is 2.34. The van der Waals surface area contributed by atoms with Crippen molar-refractivity contribution < 1.29 is 36.2 Å². The molecule has 0 aliphatic heterocycles. The Bertz CT molecular complexity index is 1730. The quantitative estimate of drug-likeness (QED) is 0.142. The van der Waals surface area contributed by atoms with Gasteiger partial charge in [0, 0.05) is 41.9 Å². The Hall–Kier alpha value is -4.35. The third-order valence-corrected chi connectivity index (χ3v) is 9.23. The summed E-state index contributed by atoms with van der Waals surface area (Å²) in [6.45, 7) is 2.09. The molecule has 4 rings (SSSR count). The molecule has 0 radical (unpaired) electrons. The molecule has 0 bridgehead atoms. The van der Waals surface area contributed by atoms with E-state index < -0.39 is 33.4 Å². The largest absolute Gasteiger partial charge is 0.497 e. The zero-order valence-electron chi connectivity index (χ0n) is 25.2. The predicted octanol–water partition coefficient (Wildman–Crippen LogP) is 7.13. The topological polar surface area (TPSA) is 85.4 Å². The van der Waals surface area contributed by atoms with Crippen LogP contribution < -0.4 is 18.5 Å². The fourth-order valence-corrected chi connectivity index (χ4v) is 6.50. The Morgan fingerprint density at radius 1 is 0.911 bits per heavy atom.